The smallest absolute Gasteiger partial charge is 0.399 e. The summed E-state index contributed by atoms with van der Waals surface area (Å²) in [6.45, 7) is 8.22. The number of carbonyl (C=O) groups is 1. The number of allylic oxidation sites excluding steroid dienone is 1. The van der Waals surface area contributed by atoms with E-state index in [9.17, 15) is 9.18 Å². The molecule has 166 valence electrons. The Balaban J connectivity index is 1.38. The summed E-state index contributed by atoms with van der Waals surface area (Å²) in [6.07, 6.45) is 5.58. The molecule has 1 aromatic carbocycles. The Labute approximate surface area is 188 Å². The van der Waals surface area contributed by atoms with Gasteiger partial charge in [-0.1, -0.05) is 12.1 Å². The van der Waals surface area contributed by atoms with Gasteiger partial charge in [-0.2, -0.15) is 0 Å². The molecule has 1 aliphatic heterocycles. The Morgan fingerprint density at radius 3 is 2.31 bits per heavy atom. The van der Waals surface area contributed by atoms with Crippen molar-refractivity contribution >= 4 is 18.5 Å². The number of aryl methyl sites for hydroxylation is 1. The Morgan fingerprint density at radius 1 is 1.03 bits per heavy atom. The van der Waals surface area contributed by atoms with Crippen LogP contribution in [0, 0.1) is 5.82 Å². The highest BCUT2D eigenvalue weighted by Gasteiger charge is 2.53. The number of rotatable bonds is 4. The maximum Gasteiger partial charge on any atom is 0.495 e. The van der Waals surface area contributed by atoms with Gasteiger partial charge in [0, 0.05) is 11.3 Å². The summed E-state index contributed by atoms with van der Waals surface area (Å²) in [6, 6.07) is 9.69. The molecule has 5 nitrogen and oxygen atoms in total. The van der Waals surface area contributed by atoms with Crippen molar-refractivity contribution in [1.29, 1.82) is 0 Å². The van der Waals surface area contributed by atoms with Crippen molar-refractivity contribution in [3.05, 3.63) is 70.8 Å². The van der Waals surface area contributed by atoms with Crippen LogP contribution in [0.2, 0.25) is 0 Å². The summed E-state index contributed by atoms with van der Waals surface area (Å²) in [4.78, 5) is 17.7. The lowest BCUT2D eigenvalue weighted by atomic mass is 9.70. The average molecular weight is 434 g/mol. The van der Waals surface area contributed by atoms with Crippen LogP contribution in [0.4, 0.5) is 4.39 Å². The van der Waals surface area contributed by atoms with E-state index in [0.717, 1.165) is 48.1 Å². The van der Waals surface area contributed by atoms with Gasteiger partial charge in [0.2, 0.25) is 0 Å². The normalized spacial score (nSPS) is 22.2. The standard InChI is InChI=1S/C25H28BFN2O3/c1-23(2)24(3,4)32-26(31-23)19-6-5-7-20-18(19)12-13-21(28-20)25(14-15-25)29-22(30)16-8-10-17(27)11-9-16/h6,8-13H,5,7,14-15H2,1-4H3,(H,29,30). The molecular formula is C25H28BFN2O3. The lowest BCUT2D eigenvalue weighted by Gasteiger charge is -2.32. The number of pyridine rings is 1. The molecule has 1 N–H and O–H groups in total. The fraction of sp³-hybridized carbons (Fsp3) is 0.440. The number of hydrogen-bond acceptors (Lipinski definition) is 4. The number of aromatic nitrogens is 1. The van der Waals surface area contributed by atoms with Crippen molar-refractivity contribution in [2.45, 2.75) is 70.1 Å². The molecule has 5 rings (SSSR count). The fourth-order valence-electron chi connectivity index (χ4n) is 4.35. The number of carbonyl (C=O) groups excluding carboxylic acids is 1. The van der Waals surface area contributed by atoms with Crippen molar-refractivity contribution in [2.75, 3.05) is 0 Å². The largest absolute Gasteiger partial charge is 0.495 e. The predicted octanol–water partition coefficient (Wildman–Crippen LogP) is 4.60. The number of hydrogen-bond donors (Lipinski definition) is 1. The maximum absolute atomic E-state index is 13.2. The number of benzene rings is 1. The van der Waals surface area contributed by atoms with Crippen LogP contribution in [0.15, 0.2) is 42.5 Å². The molecule has 32 heavy (non-hydrogen) atoms. The second kappa shape index (κ2) is 7.25. The third kappa shape index (κ3) is 3.57. The van der Waals surface area contributed by atoms with Crippen LogP contribution in [0.25, 0.3) is 5.47 Å². The summed E-state index contributed by atoms with van der Waals surface area (Å²) < 4.78 is 25.7. The van der Waals surface area contributed by atoms with Gasteiger partial charge >= 0.3 is 7.12 Å². The van der Waals surface area contributed by atoms with Crippen molar-refractivity contribution in [1.82, 2.24) is 10.3 Å². The monoisotopic (exact) mass is 434 g/mol. The van der Waals surface area contributed by atoms with Crippen molar-refractivity contribution in [3.8, 4) is 0 Å². The molecular weight excluding hydrogens is 406 g/mol. The first-order valence-electron chi connectivity index (χ1n) is 11.2. The Hall–Kier alpha value is -2.51. The molecule has 1 aromatic heterocycles. The highest BCUT2D eigenvalue weighted by molar-refractivity contribution is 6.69. The fourth-order valence-corrected chi connectivity index (χ4v) is 4.35. The molecule has 2 aromatic rings. The molecule has 0 radical (unpaired) electrons. The van der Waals surface area contributed by atoms with E-state index in [-0.39, 0.29) is 11.7 Å². The molecule has 2 fully saturated rings. The van der Waals surface area contributed by atoms with Crippen molar-refractivity contribution < 1.29 is 18.5 Å². The van der Waals surface area contributed by atoms with E-state index in [1.54, 1.807) is 0 Å². The first kappa shape index (κ1) is 21.3. The molecule has 2 heterocycles. The Kier molecular flexibility index (Phi) is 4.84. The minimum atomic E-state index is -0.452. The van der Waals surface area contributed by atoms with Crippen LogP contribution >= 0.6 is 0 Å². The molecule has 3 aliphatic rings. The highest BCUT2D eigenvalue weighted by Crippen LogP contribution is 2.46. The molecule has 2 aliphatic carbocycles. The van der Waals surface area contributed by atoms with Gasteiger partial charge in [-0.05, 0) is 94.7 Å². The second-order valence-electron chi connectivity index (χ2n) is 10.0. The number of fused-ring (bicyclic) bond motifs is 1. The zero-order valence-corrected chi connectivity index (χ0v) is 19.0. The summed E-state index contributed by atoms with van der Waals surface area (Å²) in [5.41, 5.74) is 3.17. The zero-order valence-electron chi connectivity index (χ0n) is 19.0. The minimum Gasteiger partial charge on any atom is -0.399 e. The number of halogens is 1. The third-order valence-corrected chi connectivity index (χ3v) is 7.24. The Bertz CT molecular complexity index is 1090. The van der Waals surface area contributed by atoms with E-state index in [0.29, 0.717) is 5.56 Å². The Morgan fingerprint density at radius 2 is 1.69 bits per heavy atom. The van der Waals surface area contributed by atoms with Gasteiger partial charge in [-0.25, -0.2) is 4.39 Å². The maximum atomic E-state index is 13.2. The van der Waals surface area contributed by atoms with E-state index < -0.39 is 23.9 Å². The van der Waals surface area contributed by atoms with Crippen LogP contribution in [-0.2, 0) is 21.3 Å². The van der Waals surface area contributed by atoms with Crippen LogP contribution < -0.4 is 5.32 Å². The second-order valence-corrected chi connectivity index (χ2v) is 10.0. The molecule has 0 spiro atoms. The molecule has 0 bridgehead atoms. The minimum absolute atomic E-state index is 0.208. The van der Waals surface area contributed by atoms with E-state index in [1.807, 2.05) is 6.07 Å². The lowest BCUT2D eigenvalue weighted by molar-refractivity contribution is 0.00578. The molecule has 1 amide bonds. The highest BCUT2D eigenvalue weighted by atomic mass is 19.1. The van der Waals surface area contributed by atoms with Crippen LogP contribution in [0.1, 0.15) is 74.3 Å². The molecule has 1 saturated heterocycles. The van der Waals surface area contributed by atoms with Gasteiger partial charge in [0.1, 0.15) is 5.82 Å². The average Bonchev–Trinajstić information content (AvgIpc) is 3.48. The molecule has 0 atom stereocenters. The van der Waals surface area contributed by atoms with E-state index in [2.05, 4.69) is 45.2 Å². The summed E-state index contributed by atoms with van der Waals surface area (Å²) in [5.74, 6) is -0.565. The van der Waals surface area contributed by atoms with Gasteiger partial charge in [0.15, 0.2) is 0 Å². The van der Waals surface area contributed by atoms with Crippen LogP contribution in [0.5, 0.6) is 0 Å². The number of amides is 1. The van der Waals surface area contributed by atoms with E-state index >= 15 is 0 Å². The number of nitrogens with one attached hydrogen (secondary N) is 1. The van der Waals surface area contributed by atoms with Crippen molar-refractivity contribution in [3.63, 3.8) is 0 Å². The molecule has 7 heteroatoms. The molecule has 1 saturated carbocycles. The predicted molar refractivity (Wildman–Crippen MR) is 121 cm³/mol. The lowest BCUT2D eigenvalue weighted by Crippen LogP contribution is -2.41. The third-order valence-electron chi connectivity index (χ3n) is 7.24. The van der Waals surface area contributed by atoms with Gasteiger partial charge < -0.3 is 14.6 Å². The van der Waals surface area contributed by atoms with Gasteiger partial charge in [0.05, 0.1) is 22.4 Å². The van der Waals surface area contributed by atoms with Gasteiger partial charge in [0.25, 0.3) is 5.91 Å². The first-order valence-corrected chi connectivity index (χ1v) is 11.2. The van der Waals surface area contributed by atoms with E-state index in [1.165, 1.54) is 24.3 Å². The van der Waals surface area contributed by atoms with E-state index in [4.69, 9.17) is 14.3 Å². The van der Waals surface area contributed by atoms with Crippen LogP contribution in [0.3, 0.4) is 0 Å². The topological polar surface area (TPSA) is 60.5 Å². The summed E-state index contributed by atoms with van der Waals surface area (Å²) in [7, 11) is -0.417. The number of nitrogens with zero attached hydrogens (tertiary/aromatic N) is 1. The zero-order chi connectivity index (χ0) is 22.7. The summed E-state index contributed by atoms with van der Waals surface area (Å²) in [5, 5.41) is 3.13. The van der Waals surface area contributed by atoms with Gasteiger partial charge in [-0.3, -0.25) is 9.78 Å². The van der Waals surface area contributed by atoms with Crippen molar-refractivity contribution in [2.24, 2.45) is 0 Å². The SMILES string of the molecule is CC1(C)OB(C2=CCCc3nc(C4(NC(=O)c5ccc(F)cc5)CC4)ccc32)OC1(C)C. The first-order chi connectivity index (χ1) is 15.1. The molecule has 0 unspecified atom stereocenters. The summed E-state index contributed by atoms with van der Waals surface area (Å²) >= 11 is 0. The van der Waals surface area contributed by atoms with Crippen LogP contribution in [-0.4, -0.2) is 29.2 Å². The van der Waals surface area contributed by atoms with Gasteiger partial charge in [-0.15, -0.1) is 0 Å². The quantitative estimate of drug-likeness (QED) is 0.715.